The molecule has 0 amide bonds. The molecular weight excluding hydrogens is 360 g/mol. The van der Waals surface area contributed by atoms with Gasteiger partial charge >= 0.3 is 12.1 Å². The van der Waals surface area contributed by atoms with Crippen LogP contribution in [0.3, 0.4) is 0 Å². The molecule has 4 nitrogen and oxygen atoms in total. The number of ether oxygens (including phenoxy) is 1. The lowest BCUT2D eigenvalue weighted by Crippen LogP contribution is -2.24. The Morgan fingerprint density at radius 2 is 1.61 bits per heavy atom. The summed E-state index contributed by atoms with van der Waals surface area (Å²) in [7, 11) is 0. The van der Waals surface area contributed by atoms with E-state index in [1.165, 1.54) is 0 Å². The second-order valence-electron chi connectivity index (χ2n) is 4.84. The molecular formula is C18H17BrO4. The van der Waals surface area contributed by atoms with Crippen LogP contribution in [0, 0.1) is 0 Å². The van der Waals surface area contributed by atoms with Crippen LogP contribution < -0.4 is 0 Å². The van der Waals surface area contributed by atoms with Gasteiger partial charge in [0.15, 0.2) is 0 Å². The molecule has 2 atom stereocenters. The third-order valence-corrected chi connectivity index (χ3v) is 4.09. The molecule has 0 unspecified atom stereocenters. The summed E-state index contributed by atoms with van der Waals surface area (Å²) >= 11 is 3.41. The van der Waals surface area contributed by atoms with Crippen molar-refractivity contribution in [3.05, 3.63) is 69.7 Å². The molecule has 5 heteroatoms. The lowest BCUT2D eigenvalue weighted by atomic mass is 9.85. The first-order valence-corrected chi connectivity index (χ1v) is 7.42. The first-order chi connectivity index (χ1) is 10.6. The molecule has 0 saturated heterocycles. The smallest absolute Gasteiger partial charge is 0.373 e. The van der Waals surface area contributed by atoms with E-state index >= 15 is 0 Å². The molecule has 1 aliphatic rings. The van der Waals surface area contributed by atoms with Crippen molar-refractivity contribution in [1.29, 1.82) is 0 Å². The lowest BCUT2D eigenvalue weighted by Gasteiger charge is -2.31. The number of hydrogen-bond donors (Lipinski definition) is 0. The van der Waals surface area contributed by atoms with Gasteiger partial charge in [-0.1, -0.05) is 60.6 Å². The summed E-state index contributed by atoms with van der Waals surface area (Å²) in [5, 5.41) is 0. The van der Waals surface area contributed by atoms with Crippen molar-refractivity contribution in [3.63, 3.8) is 0 Å². The molecule has 0 aromatic heterocycles. The molecule has 3 rings (SSSR count). The maximum absolute atomic E-state index is 12.1. The van der Waals surface area contributed by atoms with Crippen molar-refractivity contribution in [1.82, 2.24) is 0 Å². The van der Waals surface area contributed by atoms with E-state index in [2.05, 4.69) is 22.9 Å². The third kappa shape index (κ3) is 4.15. The summed E-state index contributed by atoms with van der Waals surface area (Å²) in [4.78, 5) is 28.3. The Kier molecular flexibility index (Phi) is 6.89. The van der Waals surface area contributed by atoms with Crippen molar-refractivity contribution in [3.8, 4) is 0 Å². The zero-order valence-electron chi connectivity index (χ0n) is 11.8. The van der Waals surface area contributed by atoms with Crippen LogP contribution in [-0.4, -0.2) is 12.1 Å². The third-order valence-electron chi connectivity index (χ3n) is 3.56. The molecule has 0 saturated carbocycles. The molecule has 0 bridgehead atoms. The second kappa shape index (κ2) is 8.42. The Labute approximate surface area is 143 Å². The van der Waals surface area contributed by atoms with Gasteiger partial charge in [-0.3, -0.25) is 0 Å². The van der Waals surface area contributed by atoms with Crippen molar-refractivity contribution >= 4 is 28.1 Å². The first kappa shape index (κ1) is 18.8. The number of fused-ring (bicyclic) bond motifs is 1. The van der Waals surface area contributed by atoms with Gasteiger partial charge in [0.25, 0.3) is 0 Å². The molecule has 0 N–H and O–H groups in total. The van der Waals surface area contributed by atoms with E-state index in [-0.39, 0.29) is 31.6 Å². The number of halogens is 1. The Morgan fingerprint density at radius 1 is 1.04 bits per heavy atom. The van der Waals surface area contributed by atoms with Crippen LogP contribution in [0.2, 0.25) is 0 Å². The standard InChI is InChI=1S/C16H13BrO2.CO2.CH4/c1-10-13-4-2-3-5-14(13)16(18)19-15(10)11-6-8-12(17)9-7-11;2-1-3;/h2-10,15H,1H3;;1H4/t10-,15-;;/m1../s1. The molecule has 0 fully saturated rings. The molecule has 120 valence electrons. The summed E-state index contributed by atoms with van der Waals surface area (Å²) in [5.41, 5.74) is 2.77. The van der Waals surface area contributed by atoms with Crippen LogP contribution in [0.1, 0.15) is 47.9 Å². The van der Waals surface area contributed by atoms with Crippen molar-refractivity contribution in [2.24, 2.45) is 0 Å². The first-order valence-electron chi connectivity index (χ1n) is 6.63. The SMILES string of the molecule is C.C[C@@H]1c2ccccc2C(=O)O[C@H]1c1ccc(Br)cc1.O=C=O. The van der Waals surface area contributed by atoms with E-state index < -0.39 is 0 Å². The van der Waals surface area contributed by atoms with Crippen LogP contribution in [0.25, 0.3) is 0 Å². The molecule has 2 aromatic rings. The van der Waals surface area contributed by atoms with Crippen LogP contribution in [0.15, 0.2) is 53.0 Å². The average molecular weight is 377 g/mol. The number of hydrogen-bond acceptors (Lipinski definition) is 4. The average Bonchev–Trinajstić information content (AvgIpc) is 2.53. The van der Waals surface area contributed by atoms with E-state index in [4.69, 9.17) is 14.3 Å². The highest BCUT2D eigenvalue weighted by atomic mass is 79.9. The Morgan fingerprint density at radius 3 is 2.22 bits per heavy atom. The molecule has 0 aliphatic carbocycles. The number of rotatable bonds is 1. The summed E-state index contributed by atoms with van der Waals surface area (Å²) in [6.07, 6.45) is 0.0375. The maximum atomic E-state index is 12.1. The highest BCUT2D eigenvalue weighted by Gasteiger charge is 2.33. The van der Waals surface area contributed by atoms with Gasteiger partial charge in [0, 0.05) is 10.4 Å². The van der Waals surface area contributed by atoms with Crippen LogP contribution in [0.4, 0.5) is 0 Å². The Balaban J connectivity index is 0.000000615. The van der Waals surface area contributed by atoms with Crippen molar-refractivity contribution in [2.45, 2.75) is 26.4 Å². The number of carbonyl (C=O) groups is 1. The fraction of sp³-hybridized carbons (Fsp3) is 0.222. The molecule has 2 aromatic carbocycles. The second-order valence-corrected chi connectivity index (χ2v) is 5.75. The Bertz CT molecular complexity index is 703. The van der Waals surface area contributed by atoms with Gasteiger partial charge in [-0.05, 0) is 29.3 Å². The van der Waals surface area contributed by atoms with Crippen molar-refractivity contribution in [2.75, 3.05) is 0 Å². The predicted molar refractivity (Wildman–Crippen MR) is 88.9 cm³/mol. The van der Waals surface area contributed by atoms with Gasteiger partial charge in [0.2, 0.25) is 0 Å². The van der Waals surface area contributed by atoms with Gasteiger partial charge in [0.05, 0.1) is 5.56 Å². The molecule has 0 radical (unpaired) electrons. The van der Waals surface area contributed by atoms with Crippen LogP contribution in [0.5, 0.6) is 0 Å². The van der Waals surface area contributed by atoms with E-state index in [1.807, 2.05) is 48.5 Å². The normalized spacial score (nSPS) is 18.3. The monoisotopic (exact) mass is 376 g/mol. The highest BCUT2D eigenvalue weighted by Crippen LogP contribution is 2.40. The molecule has 1 heterocycles. The fourth-order valence-electron chi connectivity index (χ4n) is 2.53. The van der Waals surface area contributed by atoms with E-state index in [0.717, 1.165) is 15.6 Å². The minimum Gasteiger partial charge on any atom is -0.453 e. The minimum atomic E-state index is -0.235. The Hall–Kier alpha value is -2.23. The van der Waals surface area contributed by atoms with E-state index in [1.54, 1.807) is 0 Å². The number of cyclic esters (lactones) is 1. The van der Waals surface area contributed by atoms with Gasteiger partial charge in [-0.2, -0.15) is 9.59 Å². The zero-order chi connectivity index (χ0) is 16.1. The number of benzene rings is 2. The summed E-state index contributed by atoms with van der Waals surface area (Å²) < 4.78 is 6.62. The quantitative estimate of drug-likeness (QED) is 0.686. The van der Waals surface area contributed by atoms with Gasteiger partial charge in [-0.25, -0.2) is 4.79 Å². The van der Waals surface area contributed by atoms with Gasteiger partial charge < -0.3 is 4.74 Å². The topological polar surface area (TPSA) is 60.4 Å². The number of esters is 1. The maximum Gasteiger partial charge on any atom is 0.373 e. The number of carbonyl (C=O) groups excluding carboxylic acids is 3. The van der Waals surface area contributed by atoms with Crippen molar-refractivity contribution < 1.29 is 19.1 Å². The van der Waals surface area contributed by atoms with E-state index in [0.29, 0.717) is 5.56 Å². The van der Waals surface area contributed by atoms with Crippen LogP contribution in [-0.2, 0) is 14.3 Å². The van der Waals surface area contributed by atoms with Gasteiger partial charge in [0.1, 0.15) is 6.10 Å². The fourth-order valence-corrected chi connectivity index (χ4v) is 2.80. The van der Waals surface area contributed by atoms with Crippen LogP contribution >= 0.6 is 15.9 Å². The summed E-state index contributed by atoms with van der Waals surface area (Å²) in [5.74, 6) is -0.0725. The lowest BCUT2D eigenvalue weighted by molar-refractivity contribution is -0.191. The zero-order valence-corrected chi connectivity index (χ0v) is 13.4. The molecule has 0 spiro atoms. The molecule has 1 aliphatic heterocycles. The highest BCUT2D eigenvalue weighted by molar-refractivity contribution is 9.10. The summed E-state index contributed by atoms with van der Waals surface area (Å²) in [6, 6.07) is 15.6. The predicted octanol–water partition coefficient (Wildman–Crippen LogP) is 4.52. The van der Waals surface area contributed by atoms with E-state index in [9.17, 15) is 4.79 Å². The largest absolute Gasteiger partial charge is 0.453 e. The summed E-state index contributed by atoms with van der Waals surface area (Å²) in [6.45, 7) is 2.10. The van der Waals surface area contributed by atoms with Gasteiger partial charge in [-0.15, -0.1) is 0 Å². The minimum absolute atomic E-state index is 0. The molecule has 23 heavy (non-hydrogen) atoms.